The number of aromatic nitrogens is 5. The van der Waals surface area contributed by atoms with Gasteiger partial charge in [0, 0.05) is 122 Å². The monoisotopic (exact) mass is 1290 g/mol. The fraction of sp³-hybridized carbons (Fsp3) is 0.444. The number of nitrogens with two attached hydrogens (primary N) is 2. The van der Waals surface area contributed by atoms with Crippen molar-refractivity contribution in [3.63, 3.8) is 0 Å². The first-order valence-corrected chi connectivity index (χ1v) is 29.3. The largest absolute Gasteiger partial charge is 0.496 e. The maximum Gasteiger partial charge on any atom is 0.496 e. The molecule has 408 valence electrons. The van der Waals surface area contributed by atoms with Gasteiger partial charge >= 0.3 is 19.2 Å². The number of pyridine rings is 5. The Kier molecular flexibility index (Phi) is 19.9. The van der Waals surface area contributed by atoms with E-state index in [-0.39, 0.29) is 47.0 Å². The van der Waals surface area contributed by atoms with E-state index >= 15 is 0 Å². The number of hydrogen-bond donors (Lipinski definition) is 3. The lowest BCUT2D eigenvalue weighted by Crippen LogP contribution is -2.41. The molecule has 0 radical (unpaired) electrons. The molecule has 11 rings (SSSR count). The number of hydrogen-bond acceptors (Lipinski definition) is 12. The van der Waals surface area contributed by atoms with Crippen molar-refractivity contribution in [2.75, 3.05) is 41.9 Å². The van der Waals surface area contributed by atoms with Crippen molar-refractivity contribution in [3.05, 3.63) is 117 Å². The molecule has 4 saturated heterocycles. The summed E-state index contributed by atoms with van der Waals surface area (Å²) >= 11 is 8.88. The first kappa shape index (κ1) is 59.0. The summed E-state index contributed by atoms with van der Waals surface area (Å²) in [6, 6.07) is 9.65. The van der Waals surface area contributed by atoms with Gasteiger partial charge in [-0.2, -0.15) is 0 Å². The van der Waals surface area contributed by atoms with Gasteiger partial charge in [-0.15, -0.1) is 0 Å². The van der Waals surface area contributed by atoms with Crippen LogP contribution in [-0.4, -0.2) is 115 Å². The average Bonchev–Trinajstić information content (AvgIpc) is 4.22. The number of carbonyl (C=O) groups excluding carboxylic acids is 5. The second kappa shape index (κ2) is 25.9. The van der Waals surface area contributed by atoms with E-state index in [0.29, 0.717) is 44.0 Å². The Hall–Kier alpha value is -5.63. The Morgan fingerprint density at radius 3 is 1.57 bits per heavy atom. The summed E-state index contributed by atoms with van der Waals surface area (Å²) in [6.07, 6.45) is 22.1. The lowest BCUT2D eigenvalue weighted by Gasteiger charge is -2.32. The van der Waals surface area contributed by atoms with Gasteiger partial charge in [0.25, 0.3) is 0 Å². The fourth-order valence-electron chi connectivity index (χ4n) is 9.92. The number of anilines is 2. The Labute approximate surface area is 481 Å². The average molecular weight is 1290 g/mol. The second-order valence-corrected chi connectivity index (χ2v) is 22.2. The molecule has 7 amide bonds. The molecule has 4 fully saturated rings. The molecular formula is C54H66BBr2IN12O7. The molecule has 0 saturated carbocycles. The second-order valence-electron chi connectivity index (χ2n) is 20.4. The molecule has 0 bridgehead atoms. The van der Waals surface area contributed by atoms with E-state index < -0.39 is 19.2 Å². The standard InChI is InChI=1S/C19H21N5O2.C15H22BN3O3.C10H11BrN2O.C9H9BrN2O.CH3I/c1-23-16(4-5-17(23)25)15-8-13(9-21-10-15)14-7-12-3-2-6-24(19(20)26)18(12)22-11-14;1-14(2)15(3,4)22-16(21-14)11-8-10-6-5-7-19(13(17)20)12(10)18-9-11;1-13-9(2-3-10(13)14)7-4-8(11)6-12-5-7;10-7-3-6(4-11-5-7)8-1-2-9(13)12-8;1-2/h7-11,16H,2-6H2,1H3,(H2,20,26);8-9H,5-7H2,1-4H3,(H2,17,20);4-6,9H,2-3H2,1H3;3-5,8H,1-2H2,(H,12,13);1H3. The van der Waals surface area contributed by atoms with Crippen molar-refractivity contribution < 1.29 is 33.3 Å². The van der Waals surface area contributed by atoms with Crippen molar-refractivity contribution in [2.45, 2.75) is 121 Å². The van der Waals surface area contributed by atoms with Crippen molar-refractivity contribution in [1.82, 2.24) is 40.0 Å². The molecule has 0 aliphatic carbocycles. The van der Waals surface area contributed by atoms with Crippen LogP contribution in [0.15, 0.2) is 88.9 Å². The predicted molar refractivity (Wildman–Crippen MR) is 311 cm³/mol. The number of urea groups is 2. The zero-order chi connectivity index (χ0) is 55.8. The van der Waals surface area contributed by atoms with Gasteiger partial charge in [-0.1, -0.05) is 28.7 Å². The summed E-state index contributed by atoms with van der Waals surface area (Å²) in [6.45, 7) is 9.31. The molecule has 5 aromatic rings. The number of fused-ring (bicyclic) bond motifs is 2. The molecule has 11 heterocycles. The summed E-state index contributed by atoms with van der Waals surface area (Å²) in [5, 5.41) is 2.90. The molecule has 3 unspecified atom stereocenters. The Bertz CT molecular complexity index is 2960. The van der Waals surface area contributed by atoms with Crippen LogP contribution in [0.1, 0.15) is 125 Å². The summed E-state index contributed by atoms with van der Waals surface area (Å²) < 4.78 is 14.0. The van der Waals surface area contributed by atoms with Crippen LogP contribution in [-0.2, 0) is 36.5 Å². The van der Waals surface area contributed by atoms with Crippen LogP contribution in [0.25, 0.3) is 11.1 Å². The Morgan fingerprint density at radius 2 is 1.09 bits per heavy atom. The number of alkyl halides is 1. The van der Waals surface area contributed by atoms with Gasteiger partial charge in [-0.3, -0.25) is 39.1 Å². The third kappa shape index (κ3) is 14.2. The topological polar surface area (TPSA) is 245 Å². The molecule has 19 nitrogen and oxygen atoms in total. The highest BCUT2D eigenvalue weighted by Crippen LogP contribution is 2.38. The number of carbonyl (C=O) groups is 5. The van der Waals surface area contributed by atoms with Crippen molar-refractivity contribution in [2.24, 2.45) is 11.5 Å². The molecule has 0 spiro atoms. The van der Waals surface area contributed by atoms with Crippen LogP contribution in [0.5, 0.6) is 0 Å². The Morgan fingerprint density at radius 1 is 0.623 bits per heavy atom. The lowest BCUT2D eigenvalue weighted by atomic mass is 9.79. The summed E-state index contributed by atoms with van der Waals surface area (Å²) in [5.74, 6) is 1.82. The van der Waals surface area contributed by atoms with Crippen LogP contribution < -0.4 is 32.0 Å². The van der Waals surface area contributed by atoms with Crippen LogP contribution in [0.4, 0.5) is 21.2 Å². The van der Waals surface area contributed by atoms with Crippen molar-refractivity contribution in [1.29, 1.82) is 0 Å². The van der Waals surface area contributed by atoms with Gasteiger partial charge in [-0.05, 0) is 162 Å². The highest BCUT2D eigenvalue weighted by molar-refractivity contribution is 14.1. The van der Waals surface area contributed by atoms with Crippen LogP contribution in [0.2, 0.25) is 0 Å². The number of primary amides is 2. The third-order valence-electron chi connectivity index (χ3n) is 14.8. The van der Waals surface area contributed by atoms with E-state index in [1.807, 2.05) is 77.3 Å². The molecule has 6 aliphatic heterocycles. The maximum atomic E-state index is 11.8. The van der Waals surface area contributed by atoms with E-state index in [2.05, 4.69) is 96.8 Å². The lowest BCUT2D eigenvalue weighted by molar-refractivity contribution is -0.128. The van der Waals surface area contributed by atoms with Crippen LogP contribution in [0, 0.1) is 0 Å². The predicted octanol–water partition coefficient (Wildman–Crippen LogP) is 8.46. The number of halogens is 3. The zero-order valence-corrected chi connectivity index (χ0v) is 49.8. The summed E-state index contributed by atoms with van der Waals surface area (Å²) in [5.41, 5.74) is 18.1. The quantitative estimate of drug-likeness (QED) is 0.0852. The smallest absolute Gasteiger partial charge is 0.399 e. The molecule has 23 heteroatoms. The first-order valence-electron chi connectivity index (χ1n) is 25.5. The van der Waals surface area contributed by atoms with Crippen molar-refractivity contribution >= 4 is 108 Å². The molecule has 3 atom stereocenters. The number of nitrogens with zero attached hydrogens (tertiary/aromatic N) is 9. The van der Waals surface area contributed by atoms with E-state index in [1.54, 1.807) is 47.0 Å². The van der Waals surface area contributed by atoms with Gasteiger partial charge in [0.05, 0.1) is 29.3 Å². The van der Waals surface area contributed by atoms with Gasteiger partial charge in [-0.25, -0.2) is 19.6 Å². The number of rotatable bonds is 5. The van der Waals surface area contributed by atoms with E-state index in [4.69, 9.17) is 20.8 Å². The van der Waals surface area contributed by atoms with Crippen LogP contribution in [0.3, 0.4) is 0 Å². The minimum absolute atomic E-state index is 0.0749. The summed E-state index contributed by atoms with van der Waals surface area (Å²) in [4.78, 5) is 87.2. The fourth-order valence-corrected chi connectivity index (χ4v) is 10.7. The van der Waals surface area contributed by atoms with Gasteiger partial charge < -0.3 is 35.9 Å². The minimum Gasteiger partial charge on any atom is -0.399 e. The number of likely N-dealkylation sites (tertiary alicyclic amines) is 2. The third-order valence-corrected chi connectivity index (χ3v) is 15.7. The zero-order valence-electron chi connectivity index (χ0n) is 44.5. The molecule has 77 heavy (non-hydrogen) atoms. The summed E-state index contributed by atoms with van der Waals surface area (Å²) in [7, 11) is 3.25. The van der Waals surface area contributed by atoms with E-state index in [1.165, 1.54) is 9.80 Å². The molecule has 5 N–H and O–H groups in total. The van der Waals surface area contributed by atoms with E-state index in [0.717, 1.165) is 98.3 Å². The first-order chi connectivity index (χ1) is 36.7. The molecule has 6 aliphatic rings. The highest BCUT2D eigenvalue weighted by atomic mass is 127. The SMILES string of the molecule is CC1(C)OB(c2cnc3c(c2)CCCN3C(N)=O)OC1(C)C.CI.CN1C(=O)CCC1c1cncc(-c2cnc3c(c2)CCCN3C(N)=O)c1.CN1C(=O)CCC1c1cncc(Br)c1.O=C1CCC(c2cncc(Br)c2)N1. The van der Waals surface area contributed by atoms with Crippen molar-refractivity contribution in [3.8, 4) is 11.1 Å². The number of aryl methyl sites for hydroxylation is 2. The van der Waals surface area contributed by atoms with Gasteiger partial charge in [0.1, 0.15) is 11.6 Å². The highest BCUT2D eigenvalue weighted by Gasteiger charge is 2.52. The molecule has 5 aromatic heterocycles. The Balaban J connectivity index is 0.000000153. The maximum absolute atomic E-state index is 11.8. The molecular weight excluding hydrogens is 1230 g/mol. The van der Waals surface area contributed by atoms with E-state index in [9.17, 15) is 24.0 Å². The molecule has 0 aromatic carbocycles. The van der Waals surface area contributed by atoms with Gasteiger partial charge in [0.2, 0.25) is 17.7 Å². The number of amides is 7. The minimum atomic E-state index is -0.469. The number of nitrogens with one attached hydrogen (secondary N) is 1. The normalized spacial score (nSPS) is 20.7. The van der Waals surface area contributed by atoms with Crippen LogP contribution >= 0.6 is 54.5 Å². The van der Waals surface area contributed by atoms with Gasteiger partial charge in [0.15, 0.2) is 0 Å².